The van der Waals surface area contributed by atoms with E-state index in [2.05, 4.69) is 18.3 Å². The number of hydrogen-bond acceptors (Lipinski definition) is 4. The highest BCUT2D eigenvalue weighted by Gasteiger charge is 2.19. The van der Waals surface area contributed by atoms with Crippen molar-refractivity contribution in [2.75, 3.05) is 0 Å². The average Bonchev–Trinajstić information content (AvgIpc) is 2.48. The predicted octanol–water partition coefficient (Wildman–Crippen LogP) is 2.80. The third-order valence-electron chi connectivity index (χ3n) is 4.72. The van der Waals surface area contributed by atoms with Crippen LogP contribution in [-0.4, -0.2) is 17.3 Å². The molecule has 0 aliphatic heterocycles. The van der Waals surface area contributed by atoms with E-state index in [4.69, 9.17) is 4.42 Å². The van der Waals surface area contributed by atoms with Gasteiger partial charge in [0.1, 0.15) is 5.58 Å². The lowest BCUT2D eigenvalue weighted by Crippen LogP contribution is -2.34. The number of aryl methyl sites for hydroxylation is 2. The number of rotatable bonds is 3. The van der Waals surface area contributed by atoms with Crippen LogP contribution in [-0.2, 0) is 6.54 Å². The summed E-state index contributed by atoms with van der Waals surface area (Å²) in [5.74, 6) is 0. The van der Waals surface area contributed by atoms with Gasteiger partial charge in [0.2, 0.25) is 0 Å². The minimum Gasteiger partial charge on any atom is -0.423 e. The first-order valence-corrected chi connectivity index (χ1v) is 7.98. The van der Waals surface area contributed by atoms with Gasteiger partial charge in [-0.15, -0.1) is 0 Å². The zero-order valence-corrected chi connectivity index (χ0v) is 13.2. The highest BCUT2D eigenvalue weighted by Crippen LogP contribution is 2.23. The highest BCUT2D eigenvalue weighted by molar-refractivity contribution is 5.81. The Morgan fingerprint density at radius 2 is 1.82 bits per heavy atom. The lowest BCUT2D eigenvalue weighted by atomic mass is 9.93. The number of hydrogen-bond donors (Lipinski definition) is 2. The van der Waals surface area contributed by atoms with Gasteiger partial charge in [0, 0.05) is 24.0 Å². The van der Waals surface area contributed by atoms with Gasteiger partial charge >= 0.3 is 5.63 Å². The number of fused-ring (bicyclic) bond motifs is 1. The molecule has 0 bridgehead atoms. The Kier molecular flexibility index (Phi) is 4.32. The SMILES string of the molecule is Cc1cc2oc(=O)cc(CNC3CCC(O)CC3)c2cc1C. The molecule has 1 heterocycles. The third kappa shape index (κ3) is 3.23. The van der Waals surface area contributed by atoms with Gasteiger partial charge in [0.05, 0.1) is 6.10 Å². The van der Waals surface area contributed by atoms with E-state index >= 15 is 0 Å². The van der Waals surface area contributed by atoms with Crippen molar-refractivity contribution in [1.29, 1.82) is 0 Å². The van der Waals surface area contributed by atoms with E-state index in [9.17, 15) is 9.90 Å². The van der Waals surface area contributed by atoms with Crippen molar-refractivity contribution in [3.63, 3.8) is 0 Å². The van der Waals surface area contributed by atoms with Crippen molar-refractivity contribution < 1.29 is 9.52 Å². The summed E-state index contributed by atoms with van der Waals surface area (Å²) in [6.45, 7) is 4.75. The van der Waals surface area contributed by atoms with Crippen LogP contribution in [0.2, 0.25) is 0 Å². The fourth-order valence-corrected chi connectivity index (χ4v) is 3.16. The van der Waals surface area contributed by atoms with Gasteiger partial charge in [-0.3, -0.25) is 0 Å². The molecule has 2 aromatic rings. The Balaban J connectivity index is 1.83. The van der Waals surface area contributed by atoms with Crippen molar-refractivity contribution in [3.05, 3.63) is 45.3 Å². The van der Waals surface area contributed by atoms with Crippen molar-refractivity contribution in [2.24, 2.45) is 0 Å². The van der Waals surface area contributed by atoms with Crippen LogP contribution in [0.5, 0.6) is 0 Å². The maximum absolute atomic E-state index is 11.8. The predicted molar refractivity (Wildman–Crippen MR) is 87.1 cm³/mol. The highest BCUT2D eigenvalue weighted by atomic mass is 16.4. The van der Waals surface area contributed by atoms with E-state index in [1.165, 1.54) is 5.56 Å². The number of nitrogens with one attached hydrogen (secondary N) is 1. The van der Waals surface area contributed by atoms with Crippen LogP contribution >= 0.6 is 0 Å². The molecule has 0 atom stereocenters. The van der Waals surface area contributed by atoms with Crippen LogP contribution < -0.4 is 10.9 Å². The summed E-state index contributed by atoms with van der Waals surface area (Å²) in [6.07, 6.45) is 3.53. The molecule has 1 fully saturated rings. The molecule has 0 amide bonds. The van der Waals surface area contributed by atoms with Gasteiger partial charge in [0.25, 0.3) is 0 Å². The molecular formula is C18H23NO3. The van der Waals surface area contributed by atoms with E-state index in [1.54, 1.807) is 6.07 Å². The van der Waals surface area contributed by atoms with Crippen LogP contribution in [0, 0.1) is 13.8 Å². The molecule has 0 unspecified atom stereocenters. The molecule has 3 rings (SSSR count). The summed E-state index contributed by atoms with van der Waals surface area (Å²) in [5, 5.41) is 14.1. The maximum atomic E-state index is 11.8. The van der Waals surface area contributed by atoms with E-state index in [0.717, 1.165) is 42.2 Å². The van der Waals surface area contributed by atoms with Crippen molar-refractivity contribution >= 4 is 11.0 Å². The summed E-state index contributed by atoms with van der Waals surface area (Å²) < 4.78 is 5.33. The van der Waals surface area contributed by atoms with Crippen molar-refractivity contribution in [2.45, 2.75) is 58.2 Å². The lowest BCUT2D eigenvalue weighted by molar-refractivity contribution is 0.116. The largest absolute Gasteiger partial charge is 0.423 e. The summed E-state index contributed by atoms with van der Waals surface area (Å²) in [5.41, 5.74) is 3.67. The van der Waals surface area contributed by atoms with Crippen LogP contribution in [0.3, 0.4) is 0 Å². The summed E-state index contributed by atoms with van der Waals surface area (Å²) in [7, 11) is 0. The topological polar surface area (TPSA) is 62.5 Å². The minimum atomic E-state index is -0.299. The Hall–Kier alpha value is -1.65. The smallest absolute Gasteiger partial charge is 0.336 e. The average molecular weight is 301 g/mol. The van der Waals surface area contributed by atoms with Crippen LogP contribution in [0.4, 0.5) is 0 Å². The molecule has 1 aromatic heterocycles. The second kappa shape index (κ2) is 6.23. The first-order chi connectivity index (χ1) is 10.5. The van der Waals surface area contributed by atoms with E-state index in [-0.39, 0.29) is 11.7 Å². The molecule has 4 nitrogen and oxygen atoms in total. The summed E-state index contributed by atoms with van der Waals surface area (Å²) in [6, 6.07) is 6.03. The summed E-state index contributed by atoms with van der Waals surface area (Å²) in [4.78, 5) is 11.8. The van der Waals surface area contributed by atoms with Crippen LogP contribution in [0.1, 0.15) is 42.4 Å². The molecule has 1 aliphatic carbocycles. The Morgan fingerprint density at radius 1 is 1.14 bits per heavy atom. The van der Waals surface area contributed by atoms with Crippen molar-refractivity contribution in [3.8, 4) is 0 Å². The molecule has 0 radical (unpaired) electrons. The first-order valence-electron chi connectivity index (χ1n) is 7.98. The van der Waals surface area contributed by atoms with Gasteiger partial charge < -0.3 is 14.8 Å². The normalized spacial score (nSPS) is 22.1. The zero-order valence-electron chi connectivity index (χ0n) is 13.2. The Morgan fingerprint density at radius 3 is 2.55 bits per heavy atom. The van der Waals surface area contributed by atoms with Crippen molar-refractivity contribution in [1.82, 2.24) is 5.32 Å². The first kappa shape index (κ1) is 15.3. The van der Waals surface area contributed by atoms with Gasteiger partial charge in [0.15, 0.2) is 0 Å². The Bertz CT molecular complexity index is 727. The zero-order chi connectivity index (χ0) is 15.7. The second-order valence-electron chi connectivity index (χ2n) is 6.41. The second-order valence-corrected chi connectivity index (χ2v) is 6.41. The van der Waals surface area contributed by atoms with Gasteiger partial charge in [-0.1, -0.05) is 0 Å². The third-order valence-corrected chi connectivity index (χ3v) is 4.72. The standard InChI is InChI=1S/C18H23NO3/c1-11-7-16-13(9-18(21)22-17(16)8-12(11)2)10-19-14-3-5-15(20)6-4-14/h7-9,14-15,19-20H,3-6,10H2,1-2H3. The Labute approximate surface area is 130 Å². The molecule has 2 N–H and O–H groups in total. The molecule has 22 heavy (non-hydrogen) atoms. The van der Waals surface area contributed by atoms with Gasteiger partial charge in [-0.2, -0.15) is 0 Å². The molecule has 1 aliphatic rings. The fraction of sp³-hybridized carbons (Fsp3) is 0.500. The molecular weight excluding hydrogens is 278 g/mol. The van der Waals surface area contributed by atoms with Crippen LogP contribution in [0.25, 0.3) is 11.0 Å². The molecule has 4 heteroatoms. The van der Waals surface area contributed by atoms with E-state index in [1.807, 2.05) is 13.0 Å². The number of benzene rings is 1. The number of aliphatic hydroxyl groups is 1. The van der Waals surface area contributed by atoms with Gasteiger partial charge in [-0.25, -0.2) is 4.79 Å². The number of aliphatic hydroxyl groups excluding tert-OH is 1. The monoisotopic (exact) mass is 301 g/mol. The molecule has 1 saturated carbocycles. The van der Waals surface area contributed by atoms with E-state index < -0.39 is 0 Å². The lowest BCUT2D eigenvalue weighted by Gasteiger charge is -2.26. The van der Waals surface area contributed by atoms with Gasteiger partial charge in [-0.05, 0) is 68.4 Å². The fourth-order valence-electron chi connectivity index (χ4n) is 3.16. The molecule has 0 spiro atoms. The minimum absolute atomic E-state index is 0.145. The van der Waals surface area contributed by atoms with E-state index in [0.29, 0.717) is 18.2 Å². The quantitative estimate of drug-likeness (QED) is 0.856. The maximum Gasteiger partial charge on any atom is 0.336 e. The molecule has 1 aromatic carbocycles. The molecule has 118 valence electrons. The van der Waals surface area contributed by atoms with Crippen LogP contribution in [0.15, 0.2) is 27.4 Å². The molecule has 0 saturated heterocycles. The summed E-state index contributed by atoms with van der Waals surface area (Å²) >= 11 is 0.